The van der Waals surface area contributed by atoms with E-state index in [0.29, 0.717) is 11.6 Å². The zero-order chi connectivity index (χ0) is 32.7. The minimum Gasteiger partial charge on any atom is -0.481 e. The summed E-state index contributed by atoms with van der Waals surface area (Å²) in [6.07, 6.45) is 4.57. The highest BCUT2D eigenvalue weighted by molar-refractivity contribution is 7.91. The molecular weight excluding hydrogens is 587 g/mol. The van der Waals surface area contributed by atoms with E-state index in [-0.39, 0.29) is 6.42 Å². The molecule has 12 heteroatoms. The molecule has 2 unspecified atom stereocenters. The van der Waals surface area contributed by atoms with Crippen molar-refractivity contribution < 1.29 is 32.2 Å². The highest BCUT2D eigenvalue weighted by atomic mass is 32.2. The molecule has 1 aliphatic heterocycles. The normalized spacial score (nSPS) is 30.5. The number of halogens is 1. The first-order chi connectivity index (χ1) is 20.5. The van der Waals surface area contributed by atoms with Crippen molar-refractivity contribution in [2.45, 2.75) is 82.2 Å². The number of hydrogen-bond acceptors (Lipinski definition) is 9. The molecule has 2 fully saturated rings. The molecule has 3 N–H and O–H groups in total. The van der Waals surface area contributed by atoms with Crippen molar-refractivity contribution >= 4 is 22.2 Å². The molecule has 10 nitrogen and oxygen atoms in total. The first-order valence-electron chi connectivity index (χ1n) is 14.7. The molecule has 44 heavy (non-hydrogen) atoms. The van der Waals surface area contributed by atoms with Crippen LogP contribution in [0, 0.1) is 17.8 Å². The van der Waals surface area contributed by atoms with E-state index in [1.54, 1.807) is 71.3 Å². The summed E-state index contributed by atoms with van der Waals surface area (Å²) in [5.74, 6) is -1.72. The highest BCUT2D eigenvalue weighted by Gasteiger charge is 2.72. The molecule has 1 saturated heterocycles. The minimum absolute atomic E-state index is 0.121. The smallest absolute Gasteiger partial charge is 0.424 e. The predicted octanol–water partition coefficient (Wildman–Crippen LogP) is 5.10. The standard InChI is InChI=1S/C32H43FN4O6S/c1-8-15-31(33)19-32(17-26(34)38)27(21(3)37(44(32,40)41)29(39)43-30(4,5)6)24(20(31)2)14-13-23-12-11-22(18-36-23)25-10-9-16-35-28(25)42-7/h8-14,16,18,20-21,24,26-27,38H,1,15,17,19,34H2,2-7H3/b14-13+/t20-,21+,24-,26?,27-,31?,32+/m0/s1. The van der Waals surface area contributed by atoms with Crippen LogP contribution in [0.4, 0.5) is 9.18 Å². The second kappa shape index (κ2) is 12.2. The Kier molecular flexibility index (Phi) is 9.31. The van der Waals surface area contributed by atoms with Crippen molar-refractivity contribution in [2.24, 2.45) is 23.5 Å². The summed E-state index contributed by atoms with van der Waals surface area (Å²) >= 11 is 0. The van der Waals surface area contributed by atoms with Crippen LogP contribution in [0.3, 0.4) is 0 Å². The number of aliphatic hydroxyl groups is 1. The fraction of sp³-hybridized carbons (Fsp3) is 0.531. The molecule has 1 saturated carbocycles. The zero-order valence-corrected chi connectivity index (χ0v) is 26.9. The topological polar surface area (TPSA) is 145 Å². The molecule has 4 rings (SSSR count). The molecule has 7 atom stereocenters. The Morgan fingerprint density at radius 3 is 2.57 bits per heavy atom. The number of carbonyl (C=O) groups excluding carboxylic acids is 1. The monoisotopic (exact) mass is 630 g/mol. The molecule has 2 aliphatic rings. The van der Waals surface area contributed by atoms with Crippen LogP contribution >= 0.6 is 0 Å². The van der Waals surface area contributed by atoms with Gasteiger partial charge < -0.3 is 20.3 Å². The number of sulfonamides is 1. The first kappa shape index (κ1) is 33.5. The molecule has 3 heterocycles. The van der Waals surface area contributed by atoms with Gasteiger partial charge in [0.05, 0.1) is 18.8 Å². The van der Waals surface area contributed by atoms with Gasteiger partial charge in [-0.15, -0.1) is 6.58 Å². The molecule has 1 amide bonds. The molecule has 0 aromatic carbocycles. The Labute approximate surface area is 259 Å². The maximum absolute atomic E-state index is 17.0. The van der Waals surface area contributed by atoms with Crippen LogP contribution in [-0.2, 0) is 14.8 Å². The average Bonchev–Trinajstić information content (AvgIpc) is 3.09. The van der Waals surface area contributed by atoms with Crippen LogP contribution in [0.15, 0.2) is 55.4 Å². The minimum atomic E-state index is -4.56. The van der Waals surface area contributed by atoms with E-state index in [0.717, 1.165) is 15.4 Å². The van der Waals surface area contributed by atoms with Crippen LogP contribution in [0.2, 0.25) is 0 Å². The van der Waals surface area contributed by atoms with E-state index < -0.39 is 75.0 Å². The lowest BCUT2D eigenvalue weighted by molar-refractivity contribution is -0.0407. The van der Waals surface area contributed by atoms with Crippen LogP contribution in [0.25, 0.3) is 17.2 Å². The van der Waals surface area contributed by atoms with Gasteiger partial charge in [0.25, 0.3) is 0 Å². The van der Waals surface area contributed by atoms with Crippen LogP contribution < -0.4 is 10.5 Å². The van der Waals surface area contributed by atoms with E-state index in [2.05, 4.69) is 16.5 Å². The summed E-state index contributed by atoms with van der Waals surface area (Å²) in [6.45, 7) is 12.0. The van der Waals surface area contributed by atoms with E-state index in [9.17, 15) is 18.3 Å². The molecule has 1 aliphatic carbocycles. The van der Waals surface area contributed by atoms with Gasteiger partial charge in [0.15, 0.2) is 0 Å². The van der Waals surface area contributed by atoms with Gasteiger partial charge in [-0.3, -0.25) is 4.98 Å². The van der Waals surface area contributed by atoms with E-state index >= 15 is 4.39 Å². The second-order valence-corrected chi connectivity index (χ2v) is 15.0. The van der Waals surface area contributed by atoms with Crippen molar-refractivity contribution in [3.8, 4) is 17.0 Å². The van der Waals surface area contributed by atoms with Gasteiger partial charge in [-0.2, -0.15) is 0 Å². The largest absolute Gasteiger partial charge is 0.481 e. The molecule has 2 aromatic heterocycles. The number of amides is 1. The number of fused-ring (bicyclic) bond motifs is 1. The Bertz CT molecular complexity index is 1510. The Balaban J connectivity index is 1.81. The summed E-state index contributed by atoms with van der Waals surface area (Å²) in [7, 11) is -3.02. The lowest BCUT2D eigenvalue weighted by atomic mass is 9.57. The number of hydrogen-bond donors (Lipinski definition) is 2. The number of aliphatic hydroxyl groups excluding tert-OH is 1. The summed E-state index contributed by atoms with van der Waals surface area (Å²) in [5.41, 5.74) is 4.94. The van der Waals surface area contributed by atoms with Crippen LogP contribution in [0.1, 0.15) is 59.6 Å². The molecule has 0 bridgehead atoms. The second-order valence-electron chi connectivity index (χ2n) is 12.8. The predicted molar refractivity (Wildman–Crippen MR) is 166 cm³/mol. The third-order valence-electron chi connectivity index (χ3n) is 8.83. The third kappa shape index (κ3) is 5.99. The Hall–Kier alpha value is -3.35. The third-order valence-corrected chi connectivity index (χ3v) is 11.4. The quantitative estimate of drug-likeness (QED) is 0.301. The maximum Gasteiger partial charge on any atom is 0.424 e. The van der Waals surface area contributed by atoms with Crippen LogP contribution in [0.5, 0.6) is 5.88 Å². The zero-order valence-electron chi connectivity index (χ0n) is 26.1. The lowest BCUT2D eigenvalue weighted by Crippen LogP contribution is -2.60. The van der Waals surface area contributed by atoms with Crippen molar-refractivity contribution in [1.29, 1.82) is 0 Å². The van der Waals surface area contributed by atoms with E-state index in [1.165, 1.54) is 13.2 Å². The number of carbonyl (C=O) groups is 1. The number of aromatic nitrogens is 2. The van der Waals surface area contributed by atoms with Gasteiger partial charge in [-0.25, -0.2) is 26.9 Å². The van der Waals surface area contributed by atoms with Crippen LogP contribution in [-0.4, -0.2) is 69.3 Å². The highest BCUT2D eigenvalue weighted by Crippen LogP contribution is 2.61. The van der Waals surface area contributed by atoms with Gasteiger partial charge in [0.1, 0.15) is 22.2 Å². The maximum atomic E-state index is 17.0. The summed E-state index contributed by atoms with van der Waals surface area (Å²) in [6, 6.07) is 6.40. The molecular formula is C32H43FN4O6S. The number of nitrogens with zero attached hydrogens (tertiary/aromatic N) is 3. The fourth-order valence-electron chi connectivity index (χ4n) is 7.04. The Morgan fingerprint density at radius 1 is 1.30 bits per heavy atom. The number of pyridine rings is 2. The number of ether oxygens (including phenoxy) is 2. The SMILES string of the molecule is C=CCC1(F)C[C@]2(CC(N)O)[C@H]([C@@H](/C=C/c3ccc(-c4cccnc4OC)cn3)[C@@H]1C)[C@@H](C)N(C(=O)OC(C)(C)C)S2(=O)=O. The van der Waals surface area contributed by atoms with E-state index in [4.69, 9.17) is 15.2 Å². The summed E-state index contributed by atoms with van der Waals surface area (Å²) in [5, 5.41) is 10.4. The van der Waals surface area contributed by atoms with E-state index in [1.807, 2.05) is 12.1 Å². The van der Waals surface area contributed by atoms with Gasteiger partial charge >= 0.3 is 6.09 Å². The summed E-state index contributed by atoms with van der Waals surface area (Å²) < 4.78 is 55.5. The molecule has 0 radical (unpaired) electrons. The lowest BCUT2D eigenvalue weighted by Gasteiger charge is -2.52. The van der Waals surface area contributed by atoms with Crippen molar-refractivity contribution in [2.75, 3.05) is 7.11 Å². The van der Waals surface area contributed by atoms with Crippen molar-refractivity contribution in [1.82, 2.24) is 14.3 Å². The number of methoxy groups -OCH3 is 1. The number of allylic oxidation sites excluding steroid dienone is 2. The van der Waals surface area contributed by atoms with Gasteiger partial charge in [0, 0.05) is 42.3 Å². The number of alkyl halides is 1. The molecule has 240 valence electrons. The Morgan fingerprint density at radius 2 is 2.00 bits per heavy atom. The van der Waals surface area contributed by atoms with Gasteiger partial charge in [0.2, 0.25) is 15.9 Å². The molecule has 2 aromatic rings. The number of nitrogens with two attached hydrogens (primary N) is 1. The molecule has 0 spiro atoms. The van der Waals surface area contributed by atoms with Gasteiger partial charge in [-0.05, 0) is 70.2 Å². The average molecular weight is 631 g/mol. The first-order valence-corrected chi connectivity index (χ1v) is 16.1. The van der Waals surface area contributed by atoms with Crippen molar-refractivity contribution in [3.63, 3.8) is 0 Å². The number of rotatable bonds is 8. The fourth-order valence-corrected chi connectivity index (χ4v) is 9.73. The van der Waals surface area contributed by atoms with Gasteiger partial charge in [-0.1, -0.05) is 25.1 Å². The summed E-state index contributed by atoms with van der Waals surface area (Å²) in [4.78, 5) is 22.2. The van der Waals surface area contributed by atoms with Crippen molar-refractivity contribution in [3.05, 3.63) is 61.1 Å².